The van der Waals surface area contributed by atoms with E-state index in [2.05, 4.69) is 49.4 Å². The van der Waals surface area contributed by atoms with Gasteiger partial charge >= 0.3 is 0 Å². The van der Waals surface area contributed by atoms with E-state index in [1.54, 1.807) is 7.11 Å². The highest BCUT2D eigenvalue weighted by molar-refractivity contribution is 5.92. The lowest BCUT2D eigenvalue weighted by Crippen LogP contribution is -2.01. The monoisotopic (exact) mass is 332 g/mol. The highest BCUT2D eigenvalue weighted by Gasteiger charge is 2.16. The third-order valence-electron chi connectivity index (χ3n) is 4.26. The quantitative estimate of drug-likeness (QED) is 0.527. The van der Waals surface area contributed by atoms with Crippen LogP contribution in [0.4, 0.5) is 0 Å². The van der Waals surface area contributed by atoms with E-state index in [-0.39, 0.29) is 0 Å². The molecule has 0 fully saturated rings. The zero-order chi connectivity index (χ0) is 17.2. The molecule has 126 valence electrons. The van der Waals surface area contributed by atoms with E-state index in [0.717, 1.165) is 34.7 Å². The normalized spacial score (nSPS) is 11.3. The topological polar surface area (TPSA) is 40.2 Å². The van der Waals surface area contributed by atoms with Crippen molar-refractivity contribution >= 4 is 10.9 Å². The number of methoxy groups -OCH3 is 1. The minimum absolute atomic E-state index is 0.460. The van der Waals surface area contributed by atoms with Crippen molar-refractivity contribution in [3.05, 3.63) is 77.6 Å². The molecule has 0 bridgehead atoms. The molecule has 0 atom stereocenters. The number of benzene rings is 2. The second-order valence-electron chi connectivity index (χ2n) is 6.21. The number of nitrogens with zero attached hydrogens (tertiary/aromatic N) is 2. The Bertz CT molecular complexity index is 999. The summed E-state index contributed by atoms with van der Waals surface area (Å²) < 4.78 is 13.1. The van der Waals surface area contributed by atoms with Gasteiger partial charge in [-0.15, -0.1) is 0 Å². The average molecular weight is 332 g/mol. The van der Waals surface area contributed by atoms with Gasteiger partial charge in [-0.2, -0.15) is 5.10 Å². The Morgan fingerprint density at radius 1 is 1.04 bits per heavy atom. The van der Waals surface area contributed by atoms with Crippen LogP contribution in [0, 0.1) is 6.92 Å². The predicted octanol–water partition coefficient (Wildman–Crippen LogP) is 4.80. The smallest absolute Gasteiger partial charge is 0.155 e. The molecule has 25 heavy (non-hydrogen) atoms. The lowest BCUT2D eigenvalue weighted by Gasteiger charge is -2.04. The summed E-state index contributed by atoms with van der Waals surface area (Å²) in [6.07, 6.45) is 0. The van der Waals surface area contributed by atoms with E-state index in [4.69, 9.17) is 14.3 Å². The van der Waals surface area contributed by atoms with E-state index < -0.39 is 0 Å². The van der Waals surface area contributed by atoms with Crippen LogP contribution in [0.5, 0.6) is 0 Å². The zero-order valence-electron chi connectivity index (χ0n) is 14.4. The number of hydrogen-bond acceptors (Lipinski definition) is 3. The number of ether oxygens (including phenoxy) is 1. The molecule has 0 unspecified atom stereocenters. The number of aromatic nitrogens is 2. The fraction of sp³-hybridized carbons (Fsp3) is 0.190. The molecule has 4 nitrogen and oxygen atoms in total. The summed E-state index contributed by atoms with van der Waals surface area (Å²) in [4.78, 5) is 0. The first-order chi connectivity index (χ1) is 12.2. The Labute approximate surface area is 146 Å². The van der Waals surface area contributed by atoms with Gasteiger partial charge in [0, 0.05) is 12.5 Å². The molecule has 0 aliphatic rings. The molecule has 4 heteroatoms. The Kier molecular flexibility index (Phi) is 4.12. The van der Waals surface area contributed by atoms with Gasteiger partial charge in [-0.1, -0.05) is 42.5 Å². The molecule has 0 amide bonds. The van der Waals surface area contributed by atoms with Crippen LogP contribution < -0.4 is 0 Å². The molecule has 0 spiro atoms. The molecule has 2 aromatic heterocycles. The van der Waals surface area contributed by atoms with Crippen LogP contribution in [0.15, 0.2) is 65.1 Å². The summed E-state index contributed by atoms with van der Waals surface area (Å²) in [5, 5.41) is 5.95. The first kappa shape index (κ1) is 15.7. The van der Waals surface area contributed by atoms with Crippen LogP contribution in [0.1, 0.15) is 16.9 Å². The van der Waals surface area contributed by atoms with Crippen LogP contribution in [-0.2, 0) is 17.9 Å². The van der Waals surface area contributed by atoms with E-state index in [1.807, 2.05) is 22.9 Å². The van der Waals surface area contributed by atoms with Gasteiger partial charge in [-0.25, -0.2) is 0 Å². The van der Waals surface area contributed by atoms with Crippen LogP contribution in [-0.4, -0.2) is 16.9 Å². The Balaban J connectivity index is 1.81. The second kappa shape index (κ2) is 6.57. The van der Waals surface area contributed by atoms with Gasteiger partial charge in [0.2, 0.25) is 0 Å². The molecule has 0 aliphatic carbocycles. The van der Waals surface area contributed by atoms with E-state index in [1.165, 1.54) is 11.1 Å². The van der Waals surface area contributed by atoms with Crippen molar-refractivity contribution in [3.8, 4) is 11.5 Å². The van der Waals surface area contributed by atoms with E-state index >= 15 is 0 Å². The Hall–Kier alpha value is -2.85. The fourth-order valence-corrected chi connectivity index (χ4v) is 3.07. The van der Waals surface area contributed by atoms with Gasteiger partial charge in [0.05, 0.1) is 12.1 Å². The highest BCUT2D eigenvalue weighted by atomic mass is 16.5. The maximum absolute atomic E-state index is 5.91. The van der Waals surface area contributed by atoms with Crippen molar-refractivity contribution in [2.24, 2.45) is 0 Å². The molecule has 4 aromatic rings. The van der Waals surface area contributed by atoms with Gasteiger partial charge in [0.25, 0.3) is 0 Å². The predicted molar refractivity (Wildman–Crippen MR) is 98.4 cm³/mol. The van der Waals surface area contributed by atoms with Gasteiger partial charge in [-0.3, -0.25) is 4.68 Å². The summed E-state index contributed by atoms with van der Waals surface area (Å²) in [6.45, 7) is 3.29. The largest absolute Gasteiger partial charge is 0.457 e. The van der Waals surface area contributed by atoms with Gasteiger partial charge in [0.15, 0.2) is 5.76 Å². The summed E-state index contributed by atoms with van der Waals surface area (Å²) in [7, 11) is 1.66. The molecule has 0 N–H and O–H groups in total. The van der Waals surface area contributed by atoms with Crippen LogP contribution >= 0.6 is 0 Å². The van der Waals surface area contributed by atoms with Crippen molar-refractivity contribution in [3.63, 3.8) is 0 Å². The maximum atomic E-state index is 5.91. The average Bonchev–Trinajstić information content (AvgIpc) is 3.21. The minimum atomic E-state index is 0.460. The third-order valence-corrected chi connectivity index (χ3v) is 4.26. The number of hydrogen-bond donors (Lipinski definition) is 0. The molecule has 4 rings (SSSR count). The van der Waals surface area contributed by atoms with Crippen molar-refractivity contribution < 1.29 is 9.15 Å². The SMILES string of the molecule is COCc1ccc(-c2nn(Cc3ccccc3)c3cc(C)ccc23)o1. The third kappa shape index (κ3) is 3.08. The molecule has 0 aliphatic heterocycles. The summed E-state index contributed by atoms with van der Waals surface area (Å²) >= 11 is 0. The first-order valence-electron chi connectivity index (χ1n) is 8.34. The Morgan fingerprint density at radius 3 is 2.68 bits per heavy atom. The molecule has 2 heterocycles. The summed E-state index contributed by atoms with van der Waals surface area (Å²) in [5.74, 6) is 1.57. The summed E-state index contributed by atoms with van der Waals surface area (Å²) in [5.41, 5.74) is 4.42. The van der Waals surface area contributed by atoms with Crippen molar-refractivity contribution in [2.75, 3.05) is 7.11 Å². The lowest BCUT2D eigenvalue weighted by atomic mass is 10.1. The maximum Gasteiger partial charge on any atom is 0.155 e. The van der Waals surface area contributed by atoms with Crippen LogP contribution in [0.25, 0.3) is 22.4 Å². The minimum Gasteiger partial charge on any atom is -0.457 e. The molecular formula is C21H20N2O2. The number of fused-ring (bicyclic) bond motifs is 1. The number of aryl methyl sites for hydroxylation is 1. The first-order valence-corrected chi connectivity index (χ1v) is 8.34. The van der Waals surface area contributed by atoms with Crippen LogP contribution in [0.3, 0.4) is 0 Å². The zero-order valence-corrected chi connectivity index (χ0v) is 14.4. The van der Waals surface area contributed by atoms with Crippen molar-refractivity contribution in [1.29, 1.82) is 0 Å². The second-order valence-corrected chi connectivity index (χ2v) is 6.21. The molecular weight excluding hydrogens is 312 g/mol. The lowest BCUT2D eigenvalue weighted by molar-refractivity contribution is 0.165. The van der Waals surface area contributed by atoms with Gasteiger partial charge in [-0.05, 0) is 36.2 Å². The van der Waals surface area contributed by atoms with Crippen molar-refractivity contribution in [1.82, 2.24) is 9.78 Å². The summed E-state index contributed by atoms with van der Waals surface area (Å²) in [6, 6.07) is 20.7. The number of rotatable bonds is 5. The van der Waals surface area contributed by atoms with Gasteiger partial charge in [0.1, 0.15) is 18.1 Å². The number of furan rings is 1. The molecule has 0 saturated carbocycles. The standard InChI is InChI=1S/C21H20N2O2/c1-15-8-10-18-19(12-15)23(13-16-6-4-3-5-7-16)22-21(18)20-11-9-17(25-20)14-24-2/h3-12H,13-14H2,1-2H3. The van der Waals surface area contributed by atoms with E-state index in [0.29, 0.717) is 6.61 Å². The van der Waals surface area contributed by atoms with Crippen LogP contribution in [0.2, 0.25) is 0 Å². The Morgan fingerprint density at radius 2 is 1.88 bits per heavy atom. The fourth-order valence-electron chi connectivity index (χ4n) is 3.07. The molecule has 0 saturated heterocycles. The van der Waals surface area contributed by atoms with E-state index in [9.17, 15) is 0 Å². The molecule has 0 radical (unpaired) electrons. The van der Waals surface area contributed by atoms with Gasteiger partial charge < -0.3 is 9.15 Å². The highest BCUT2D eigenvalue weighted by Crippen LogP contribution is 2.30. The van der Waals surface area contributed by atoms with Crippen molar-refractivity contribution in [2.45, 2.75) is 20.1 Å². The molecule has 2 aromatic carbocycles.